The summed E-state index contributed by atoms with van der Waals surface area (Å²) in [5, 5.41) is 1.98. The van der Waals surface area contributed by atoms with Gasteiger partial charge in [0.15, 0.2) is 0 Å². The molecule has 9 heteroatoms. The van der Waals surface area contributed by atoms with Gasteiger partial charge in [0.2, 0.25) is 11.8 Å². The Hall–Kier alpha value is -1.80. The number of hydrogen-bond acceptors (Lipinski definition) is 3. The van der Waals surface area contributed by atoms with Gasteiger partial charge in [-0.2, -0.15) is 13.2 Å². The molecule has 1 aromatic carbocycles. The minimum absolute atomic E-state index is 0.00125. The first-order valence-electron chi connectivity index (χ1n) is 8.25. The quantitative estimate of drug-likeness (QED) is 0.838. The number of likely N-dealkylation sites (tertiary alicyclic amines) is 1. The summed E-state index contributed by atoms with van der Waals surface area (Å²) in [6, 6.07) is 2.69. The van der Waals surface area contributed by atoms with Crippen molar-refractivity contribution in [2.75, 3.05) is 32.0 Å². The van der Waals surface area contributed by atoms with Crippen molar-refractivity contribution in [1.82, 2.24) is 9.80 Å². The van der Waals surface area contributed by atoms with Gasteiger partial charge in [-0.15, -0.1) is 0 Å². The molecular formula is C17H21ClF3N3O2. The number of anilines is 1. The zero-order valence-corrected chi connectivity index (χ0v) is 15.3. The average molecular weight is 392 g/mol. The van der Waals surface area contributed by atoms with Crippen LogP contribution in [0.5, 0.6) is 0 Å². The molecular weight excluding hydrogens is 371 g/mol. The summed E-state index contributed by atoms with van der Waals surface area (Å²) in [5.74, 6) is -0.562. The lowest BCUT2D eigenvalue weighted by molar-refractivity contribution is -0.137. The number of carbonyl (C=O) groups is 2. The van der Waals surface area contributed by atoms with Crippen LogP contribution in [0.1, 0.15) is 25.3 Å². The molecule has 2 amide bonds. The molecule has 0 radical (unpaired) electrons. The Kier molecular flexibility index (Phi) is 6.52. The van der Waals surface area contributed by atoms with Crippen molar-refractivity contribution < 1.29 is 22.8 Å². The van der Waals surface area contributed by atoms with E-state index < -0.39 is 28.7 Å². The van der Waals surface area contributed by atoms with Crippen LogP contribution in [-0.4, -0.2) is 54.3 Å². The van der Waals surface area contributed by atoms with Crippen LogP contribution in [0.25, 0.3) is 0 Å². The molecule has 1 saturated heterocycles. The van der Waals surface area contributed by atoms with Gasteiger partial charge in [0, 0.05) is 18.8 Å². The number of nitrogens with zero attached hydrogens (tertiary/aromatic N) is 2. The minimum atomic E-state index is -4.61. The van der Waals surface area contributed by atoms with Gasteiger partial charge in [-0.3, -0.25) is 14.5 Å². The number of hydrogen-bond donors (Lipinski definition) is 1. The first-order valence-corrected chi connectivity index (χ1v) is 8.63. The van der Waals surface area contributed by atoms with Crippen molar-refractivity contribution >= 4 is 29.1 Å². The van der Waals surface area contributed by atoms with Gasteiger partial charge in [-0.25, -0.2) is 0 Å². The molecule has 1 aliphatic rings. The summed E-state index contributed by atoms with van der Waals surface area (Å²) >= 11 is 5.56. The van der Waals surface area contributed by atoms with Gasteiger partial charge in [-0.05, 0) is 45.0 Å². The van der Waals surface area contributed by atoms with Crippen molar-refractivity contribution in [2.24, 2.45) is 0 Å². The van der Waals surface area contributed by atoms with E-state index in [0.717, 1.165) is 25.0 Å². The Morgan fingerprint density at radius 1 is 1.31 bits per heavy atom. The van der Waals surface area contributed by atoms with E-state index in [2.05, 4.69) is 5.32 Å². The lowest BCUT2D eigenvalue weighted by Gasteiger charge is -2.27. The zero-order valence-electron chi connectivity index (χ0n) is 14.6. The molecule has 0 aliphatic carbocycles. The first-order chi connectivity index (χ1) is 12.1. The van der Waals surface area contributed by atoms with Gasteiger partial charge in [0.1, 0.15) is 0 Å². The molecule has 0 spiro atoms. The standard InChI is InChI=1S/C17H21ClF3N3O2/c1-11(16(26)24-7-3-4-8-24)23(2)10-15(25)22-12-5-6-14(18)13(9-12)17(19,20)21/h5-6,9,11H,3-4,7-8,10H2,1-2H3,(H,22,25). The smallest absolute Gasteiger partial charge is 0.341 e. The summed E-state index contributed by atoms with van der Waals surface area (Å²) in [6.07, 6.45) is -2.66. The van der Waals surface area contributed by atoms with Crippen LogP contribution < -0.4 is 5.32 Å². The van der Waals surface area contributed by atoms with E-state index in [0.29, 0.717) is 13.1 Å². The molecule has 0 saturated carbocycles. The highest BCUT2D eigenvalue weighted by atomic mass is 35.5. The molecule has 1 heterocycles. The van der Waals surface area contributed by atoms with Crippen LogP contribution in [-0.2, 0) is 15.8 Å². The van der Waals surface area contributed by atoms with E-state index in [1.807, 2.05) is 0 Å². The van der Waals surface area contributed by atoms with Gasteiger partial charge in [-0.1, -0.05) is 11.6 Å². The predicted molar refractivity (Wildman–Crippen MR) is 93.0 cm³/mol. The van der Waals surface area contributed by atoms with E-state index in [4.69, 9.17) is 11.6 Å². The normalized spacial score (nSPS) is 16.0. The Morgan fingerprint density at radius 3 is 2.50 bits per heavy atom. The molecule has 1 fully saturated rings. The number of nitrogens with one attached hydrogen (secondary N) is 1. The number of amides is 2. The fraction of sp³-hybridized carbons (Fsp3) is 0.529. The maximum atomic E-state index is 12.9. The Labute approximate surface area is 155 Å². The van der Waals surface area contributed by atoms with Crippen LogP contribution in [0, 0.1) is 0 Å². The number of benzene rings is 1. The average Bonchev–Trinajstić information content (AvgIpc) is 3.08. The summed E-state index contributed by atoms with van der Waals surface area (Å²) in [7, 11) is 1.63. The highest BCUT2D eigenvalue weighted by Gasteiger charge is 2.33. The van der Waals surface area contributed by atoms with Crippen LogP contribution in [0.15, 0.2) is 18.2 Å². The summed E-state index contributed by atoms with van der Waals surface area (Å²) in [5.41, 5.74) is -1.01. The molecule has 1 unspecified atom stereocenters. The number of alkyl halides is 3. The summed E-state index contributed by atoms with van der Waals surface area (Å²) in [4.78, 5) is 27.8. The maximum Gasteiger partial charge on any atom is 0.417 e. The van der Waals surface area contributed by atoms with Gasteiger partial charge in [0.25, 0.3) is 0 Å². The lowest BCUT2D eigenvalue weighted by atomic mass is 10.2. The number of halogens is 4. The zero-order chi connectivity index (χ0) is 19.5. The fourth-order valence-electron chi connectivity index (χ4n) is 2.77. The predicted octanol–water partition coefficient (Wildman–Crippen LogP) is 3.24. The molecule has 144 valence electrons. The number of carbonyl (C=O) groups excluding carboxylic acids is 2. The topological polar surface area (TPSA) is 52.7 Å². The van der Waals surface area contributed by atoms with E-state index in [9.17, 15) is 22.8 Å². The second-order valence-corrected chi connectivity index (χ2v) is 6.77. The van der Waals surface area contributed by atoms with E-state index >= 15 is 0 Å². The second-order valence-electron chi connectivity index (χ2n) is 6.36. The third kappa shape index (κ3) is 5.11. The summed E-state index contributed by atoms with van der Waals surface area (Å²) < 4.78 is 38.6. The SMILES string of the molecule is CC(C(=O)N1CCCC1)N(C)CC(=O)Nc1ccc(Cl)c(C(F)(F)F)c1. The van der Waals surface area contributed by atoms with Crippen molar-refractivity contribution in [3.8, 4) is 0 Å². The van der Waals surface area contributed by atoms with E-state index in [-0.39, 0.29) is 18.1 Å². The Morgan fingerprint density at radius 2 is 1.92 bits per heavy atom. The van der Waals surface area contributed by atoms with Crippen molar-refractivity contribution in [3.63, 3.8) is 0 Å². The van der Waals surface area contributed by atoms with Gasteiger partial charge >= 0.3 is 6.18 Å². The van der Waals surface area contributed by atoms with Gasteiger partial charge in [0.05, 0.1) is 23.2 Å². The van der Waals surface area contributed by atoms with Crippen molar-refractivity contribution in [1.29, 1.82) is 0 Å². The second kappa shape index (κ2) is 8.26. The molecule has 1 aliphatic heterocycles. The third-order valence-electron chi connectivity index (χ3n) is 4.38. The van der Waals surface area contributed by atoms with Crippen molar-refractivity contribution in [3.05, 3.63) is 28.8 Å². The third-order valence-corrected chi connectivity index (χ3v) is 4.71. The molecule has 2 rings (SSSR count). The van der Waals surface area contributed by atoms with Crippen LogP contribution in [0.4, 0.5) is 18.9 Å². The largest absolute Gasteiger partial charge is 0.417 e. The Balaban J connectivity index is 1.96. The van der Waals surface area contributed by atoms with E-state index in [1.54, 1.807) is 23.8 Å². The highest BCUT2D eigenvalue weighted by molar-refractivity contribution is 6.31. The molecule has 1 aromatic rings. The molecule has 1 N–H and O–H groups in total. The minimum Gasteiger partial charge on any atom is -0.341 e. The fourth-order valence-corrected chi connectivity index (χ4v) is 3.00. The number of rotatable bonds is 5. The van der Waals surface area contributed by atoms with Crippen LogP contribution >= 0.6 is 11.6 Å². The van der Waals surface area contributed by atoms with Crippen LogP contribution in [0.2, 0.25) is 5.02 Å². The summed E-state index contributed by atoms with van der Waals surface area (Å²) in [6.45, 7) is 3.02. The molecule has 0 bridgehead atoms. The van der Waals surface area contributed by atoms with Crippen molar-refractivity contribution in [2.45, 2.75) is 32.0 Å². The molecule has 26 heavy (non-hydrogen) atoms. The Bertz CT molecular complexity index is 676. The van der Waals surface area contributed by atoms with E-state index in [1.165, 1.54) is 6.07 Å². The first kappa shape index (κ1) is 20.5. The lowest BCUT2D eigenvalue weighted by Crippen LogP contribution is -2.46. The maximum absolute atomic E-state index is 12.9. The molecule has 1 atom stereocenters. The molecule has 0 aromatic heterocycles. The van der Waals surface area contributed by atoms with Gasteiger partial charge < -0.3 is 10.2 Å². The highest BCUT2D eigenvalue weighted by Crippen LogP contribution is 2.36. The van der Waals surface area contributed by atoms with Crippen LogP contribution in [0.3, 0.4) is 0 Å². The monoisotopic (exact) mass is 391 g/mol. The number of likely N-dealkylation sites (N-methyl/N-ethyl adjacent to an activating group) is 1. The molecule has 5 nitrogen and oxygen atoms in total.